The number of alkyl halides is 1. The SMILES string of the molecule is ClCc1ccnc(-n2cc(I)cn2)c1. The Morgan fingerprint density at radius 2 is 2.36 bits per heavy atom. The number of nitrogens with zero attached hydrogens (tertiary/aromatic N) is 3. The Morgan fingerprint density at radius 3 is 3.00 bits per heavy atom. The molecule has 0 N–H and O–H groups in total. The predicted octanol–water partition coefficient (Wildman–Crippen LogP) is 2.61. The molecule has 0 atom stereocenters. The fourth-order valence-electron chi connectivity index (χ4n) is 1.10. The number of hydrogen-bond donors (Lipinski definition) is 0. The molecular formula is C9H7ClIN3. The summed E-state index contributed by atoms with van der Waals surface area (Å²) in [5.41, 5.74) is 1.04. The smallest absolute Gasteiger partial charge is 0.153 e. The lowest BCUT2D eigenvalue weighted by atomic mass is 10.3. The molecule has 0 saturated carbocycles. The molecule has 2 heterocycles. The van der Waals surface area contributed by atoms with E-state index in [1.165, 1.54) is 0 Å². The van der Waals surface area contributed by atoms with Crippen LogP contribution < -0.4 is 0 Å². The summed E-state index contributed by atoms with van der Waals surface area (Å²) in [7, 11) is 0. The first-order chi connectivity index (χ1) is 6.79. The molecule has 2 rings (SSSR count). The van der Waals surface area contributed by atoms with Gasteiger partial charge in [0.05, 0.1) is 9.77 Å². The van der Waals surface area contributed by atoms with Crippen LogP contribution in [0.2, 0.25) is 0 Å². The maximum Gasteiger partial charge on any atom is 0.153 e. The first kappa shape index (κ1) is 9.92. The van der Waals surface area contributed by atoms with Gasteiger partial charge in [-0.05, 0) is 40.3 Å². The molecule has 5 heteroatoms. The Bertz CT molecular complexity index is 441. The highest BCUT2D eigenvalue weighted by atomic mass is 127. The summed E-state index contributed by atoms with van der Waals surface area (Å²) in [5, 5.41) is 4.17. The van der Waals surface area contributed by atoms with E-state index in [1.807, 2.05) is 18.3 Å². The summed E-state index contributed by atoms with van der Waals surface area (Å²) in [4.78, 5) is 4.21. The van der Waals surface area contributed by atoms with Crippen LogP contribution in [0.3, 0.4) is 0 Å². The van der Waals surface area contributed by atoms with Crippen molar-refractivity contribution in [1.82, 2.24) is 14.8 Å². The quantitative estimate of drug-likeness (QED) is 0.629. The summed E-state index contributed by atoms with van der Waals surface area (Å²) in [6.45, 7) is 0. The first-order valence-corrected chi connectivity index (χ1v) is 5.62. The second kappa shape index (κ2) is 4.27. The fourth-order valence-corrected chi connectivity index (χ4v) is 1.65. The van der Waals surface area contributed by atoms with Crippen molar-refractivity contribution >= 4 is 34.2 Å². The van der Waals surface area contributed by atoms with Crippen LogP contribution >= 0.6 is 34.2 Å². The zero-order valence-corrected chi connectivity index (χ0v) is 10.1. The van der Waals surface area contributed by atoms with E-state index in [9.17, 15) is 0 Å². The summed E-state index contributed by atoms with van der Waals surface area (Å²) in [5.74, 6) is 1.29. The minimum atomic E-state index is 0.494. The average molecular weight is 320 g/mol. The normalized spacial score (nSPS) is 10.4. The largest absolute Gasteiger partial charge is 0.237 e. The molecule has 72 valence electrons. The number of halogens is 2. The van der Waals surface area contributed by atoms with Crippen LogP contribution in [0.1, 0.15) is 5.56 Å². The molecule has 2 aromatic rings. The molecule has 2 aromatic heterocycles. The summed E-state index contributed by atoms with van der Waals surface area (Å²) in [6.07, 6.45) is 5.44. The van der Waals surface area contributed by atoms with Gasteiger partial charge < -0.3 is 0 Å². The van der Waals surface area contributed by atoms with Crippen molar-refractivity contribution in [3.63, 3.8) is 0 Å². The number of rotatable bonds is 2. The number of pyridine rings is 1. The van der Waals surface area contributed by atoms with Gasteiger partial charge in [0.15, 0.2) is 5.82 Å². The summed E-state index contributed by atoms with van der Waals surface area (Å²) < 4.78 is 2.82. The molecule has 0 fully saturated rings. The van der Waals surface area contributed by atoms with Crippen LogP contribution in [0.25, 0.3) is 5.82 Å². The molecule has 0 spiro atoms. The molecule has 0 radical (unpaired) electrons. The van der Waals surface area contributed by atoms with Crippen molar-refractivity contribution in [2.24, 2.45) is 0 Å². The zero-order valence-electron chi connectivity index (χ0n) is 7.19. The van der Waals surface area contributed by atoms with Crippen LogP contribution in [-0.2, 0) is 5.88 Å². The fraction of sp³-hybridized carbons (Fsp3) is 0.111. The van der Waals surface area contributed by atoms with Gasteiger partial charge in [-0.1, -0.05) is 0 Å². The third kappa shape index (κ3) is 2.06. The second-order valence-corrected chi connectivity index (χ2v) is 4.27. The Morgan fingerprint density at radius 1 is 1.50 bits per heavy atom. The average Bonchev–Trinajstić information content (AvgIpc) is 2.65. The maximum atomic E-state index is 5.73. The van der Waals surface area contributed by atoms with Crippen molar-refractivity contribution in [2.75, 3.05) is 0 Å². The van der Waals surface area contributed by atoms with E-state index in [0.29, 0.717) is 5.88 Å². The van der Waals surface area contributed by atoms with Crippen LogP contribution in [0.15, 0.2) is 30.7 Å². The molecule has 14 heavy (non-hydrogen) atoms. The molecule has 0 aliphatic heterocycles. The minimum Gasteiger partial charge on any atom is -0.237 e. The van der Waals surface area contributed by atoms with Gasteiger partial charge in [0, 0.05) is 18.3 Å². The van der Waals surface area contributed by atoms with E-state index in [4.69, 9.17) is 11.6 Å². The lowest BCUT2D eigenvalue weighted by Crippen LogP contribution is -1.98. The molecular weight excluding hydrogens is 312 g/mol. The maximum absolute atomic E-state index is 5.73. The highest BCUT2D eigenvalue weighted by molar-refractivity contribution is 14.1. The molecule has 0 aliphatic carbocycles. The van der Waals surface area contributed by atoms with E-state index in [1.54, 1.807) is 17.1 Å². The van der Waals surface area contributed by atoms with Crippen molar-refractivity contribution in [3.8, 4) is 5.82 Å². The van der Waals surface area contributed by atoms with Gasteiger partial charge in [0.1, 0.15) is 0 Å². The third-order valence-electron chi connectivity index (χ3n) is 1.75. The predicted molar refractivity (Wildman–Crippen MR) is 63.6 cm³/mol. The molecule has 0 saturated heterocycles. The van der Waals surface area contributed by atoms with E-state index >= 15 is 0 Å². The van der Waals surface area contributed by atoms with Gasteiger partial charge in [0.25, 0.3) is 0 Å². The number of hydrogen-bond acceptors (Lipinski definition) is 2. The molecule has 3 nitrogen and oxygen atoms in total. The highest BCUT2D eigenvalue weighted by Gasteiger charge is 2.00. The zero-order chi connectivity index (χ0) is 9.97. The Balaban J connectivity index is 2.41. The lowest BCUT2D eigenvalue weighted by molar-refractivity contribution is 0.844. The molecule has 0 aromatic carbocycles. The summed E-state index contributed by atoms with van der Waals surface area (Å²) >= 11 is 7.94. The van der Waals surface area contributed by atoms with Gasteiger partial charge >= 0.3 is 0 Å². The van der Waals surface area contributed by atoms with Gasteiger partial charge in [-0.15, -0.1) is 11.6 Å². The van der Waals surface area contributed by atoms with Crippen molar-refractivity contribution in [1.29, 1.82) is 0 Å². The van der Waals surface area contributed by atoms with Gasteiger partial charge in [-0.25, -0.2) is 9.67 Å². The molecule has 0 amide bonds. The topological polar surface area (TPSA) is 30.7 Å². The van der Waals surface area contributed by atoms with E-state index in [2.05, 4.69) is 32.7 Å². The van der Waals surface area contributed by atoms with Crippen LogP contribution in [-0.4, -0.2) is 14.8 Å². The van der Waals surface area contributed by atoms with Gasteiger partial charge in [-0.2, -0.15) is 5.10 Å². The van der Waals surface area contributed by atoms with Crippen molar-refractivity contribution in [2.45, 2.75) is 5.88 Å². The van der Waals surface area contributed by atoms with Gasteiger partial charge in [0.2, 0.25) is 0 Å². The standard InChI is InChI=1S/C9H7ClIN3/c10-4-7-1-2-12-9(3-7)14-6-8(11)5-13-14/h1-3,5-6H,4H2. The van der Waals surface area contributed by atoms with E-state index in [0.717, 1.165) is 15.0 Å². The Labute approximate surface area is 100 Å². The highest BCUT2D eigenvalue weighted by Crippen LogP contribution is 2.10. The van der Waals surface area contributed by atoms with Crippen molar-refractivity contribution < 1.29 is 0 Å². The molecule has 0 bridgehead atoms. The van der Waals surface area contributed by atoms with Crippen LogP contribution in [0.4, 0.5) is 0 Å². The summed E-state index contributed by atoms with van der Waals surface area (Å²) in [6, 6.07) is 3.82. The molecule has 0 aliphatic rings. The Hall–Kier alpha value is -0.620. The van der Waals surface area contributed by atoms with Crippen LogP contribution in [0.5, 0.6) is 0 Å². The third-order valence-corrected chi connectivity index (χ3v) is 2.62. The molecule has 0 unspecified atom stereocenters. The van der Waals surface area contributed by atoms with Gasteiger partial charge in [-0.3, -0.25) is 0 Å². The Kier molecular flexibility index (Phi) is 3.02. The minimum absolute atomic E-state index is 0.494. The van der Waals surface area contributed by atoms with E-state index in [-0.39, 0.29) is 0 Å². The van der Waals surface area contributed by atoms with Crippen LogP contribution in [0, 0.1) is 3.57 Å². The monoisotopic (exact) mass is 319 g/mol. The van der Waals surface area contributed by atoms with Crippen molar-refractivity contribution in [3.05, 3.63) is 39.9 Å². The number of aromatic nitrogens is 3. The second-order valence-electron chi connectivity index (χ2n) is 2.76. The van der Waals surface area contributed by atoms with E-state index < -0.39 is 0 Å². The lowest BCUT2D eigenvalue weighted by Gasteiger charge is -2.00. The first-order valence-electron chi connectivity index (χ1n) is 4.01.